The first-order valence-corrected chi connectivity index (χ1v) is 8.40. The molecule has 1 heterocycles. The molecule has 0 fully saturated rings. The van der Waals surface area contributed by atoms with Crippen LogP contribution in [0.25, 0.3) is 11.4 Å². The van der Waals surface area contributed by atoms with Crippen molar-refractivity contribution in [3.63, 3.8) is 0 Å². The summed E-state index contributed by atoms with van der Waals surface area (Å²) in [7, 11) is 0. The molecule has 0 saturated heterocycles. The van der Waals surface area contributed by atoms with Crippen LogP contribution in [-0.2, 0) is 6.54 Å². The molecule has 0 saturated carbocycles. The number of aromatic nitrogens is 2. The molecule has 24 heavy (non-hydrogen) atoms. The zero-order valence-electron chi connectivity index (χ0n) is 12.5. The lowest BCUT2D eigenvalue weighted by atomic mass is 10.1. The number of hydrogen-bond donors (Lipinski definition) is 1. The number of halogens is 2. The van der Waals surface area contributed by atoms with Gasteiger partial charge in [-0.05, 0) is 35.9 Å². The summed E-state index contributed by atoms with van der Waals surface area (Å²) in [5.74, 6) is 0.473. The summed E-state index contributed by atoms with van der Waals surface area (Å²) in [5.41, 5.74) is 2.30. The average Bonchev–Trinajstić information content (AvgIpc) is 2.62. The molecule has 120 valence electrons. The third-order valence-electron chi connectivity index (χ3n) is 3.43. The fourth-order valence-corrected chi connectivity index (χ4v) is 2.90. The molecule has 0 radical (unpaired) electrons. The Bertz CT molecular complexity index is 854. The van der Waals surface area contributed by atoms with E-state index >= 15 is 0 Å². The monoisotopic (exact) mass is 401 g/mol. The van der Waals surface area contributed by atoms with Gasteiger partial charge in [0.05, 0.1) is 0 Å². The van der Waals surface area contributed by atoms with E-state index in [-0.39, 0.29) is 5.91 Å². The zero-order chi connectivity index (χ0) is 16.9. The van der Waals surface area contributed by atoms with Crippen molar-refractivity contribution >= 4 is 33.4 Å². The van der Waals surface area contributed by atoms with E-state index in [0.29, 0.717) is 23.0 Å². The van der Waals surface area contributed by atoms with E-state index < -0.39 is 0 Å². The van der Waals surface area contributed by atoms with Crippen LogP contribution in [0.1, 0.15) is 15.9 Å². The Balaban J connectivity index is 1.67. The van der Waals surface area contributed by atoms with Crippen LogP contribution in [0.2, 0.25) is 5.02 Å². The fourth-order valence-electron chi connectivity index (χ4n) is 2.16. The number of nitrogens with zero attached hydrogens (tertiary/aromatic N) is 2. The fraction of sp³-hybridized carbons (Fsp3) is 0.0556. The minimum absolute atomic E-state index is 0.158. The highest BCUT2D eigenvalue weighted by Crippen LogP contribution is 2.21. The first-order valence-electron chi connectivity index (χ1n) is 7.23. The number of amides is 1. The number of rotatable bonds is 4. The van der Waals surface area contributed by atoms with Gasteiger partial charge in [-0.25, -0.2) is 9.97 Å². The largest absolute Gasteiger partial charge is 0.348 e. The van der Waals surface area contributed by atoms with Crippen molar-refractivity contribution in [3.8, 4) is 11.4 Å². The van der Waals surface area contributed by atoms with Crippen molar-refractivity contribution in [2.45, 2.75) is 6.54 Å². The van der Waals surface area contributed by atoms with Crippen LogP contribution in [-0.4, -0.2) is 15.9 Å². The van der Waals surface area contributed by atoms with E-state index in [2.05, 4.69) is 31.2 Å². The predicted molar refractivity (Wildman–Crippen MR) is 97.8 cm³/mol. The third-order valence-corrected chi connectivity index (χ3v) is 4.27. The summed E-state index contributed by atoms with van der Waals surface area (Å²) in [4.78, 5) is 20.6. The molecule has 0 spiro atoms. The molecule has 3 rings (SSSR count). The highest BCUT2D eigenvalue weighted by Gasteiger charge is 2.08. The minimum Gasteiger partial charge on any atom is -0.348 e. The SMILES string of the molecule is O=C(NCc1ccc(Br)cc1Cl)c1ccc(-c2ncccn2)cc1. The Labute approximate surface area is 153 Å². The maximum absolute atomic E-state index is 12.2. The number of carbonyl (C=O) groups is 1. The van der Waals surface area contributed by atoms with Gasteiger partial charge in [-0.15, -0.1) is 0 Å². The van der Waals surface area contributed by atoms with Crippen molar-refractivity contribution in [2.75, 3.05) is 0 Å². The van der Waals surface area contributed by atoms with E-state index in [1.165, 1.54) is 0 Å². The molecule has 0 atom stereocenters. The Morgan fingerprint density at radius 2 is 1.79 bits per heavy atom. The van der Waals surface area contributed by atoms with E-state index in [1.807, 2.05) is 24.3 Å². The highest BCUT2D eigenvalue weighted by atomic mass is 79.9. The smallest absolute Gasteiger partial charge is 0.251 e. The first kappa shape index (κ1) is 16.6. The number of hydrogen-bond acceptors (Lipinski definition) is 3. The second-order valence-electron chi connectivity index (χ2n) is 5.07. The molecule has 0 aliphatic heterocycles. The van der Waals surface area contributed by atoms with Gasteiger partial charge in [0.25, 0.3) is 5.91 Å². The maximum Gasteiger partial charge on any atom is 0.251 e. The average molecular weight is 403 g/mol. The Hall–Kier alpha value is -2.24. The second-order valence-corrected chi connectivity index (χ2v) is 6.39. The summed E-state index contributed by atoms with van der Waals surface area (Å²) in [5, 5.41) is 3.48. The molecule has 2 aromatic carbocycles. The molecular formula is C18H13BrClN3O. The van der Waals surface area contributed by atoms with Gasteiger partial charge in [0.1, 0.15) is 0 Å². The molecular weight excluding hydrogens is 390 g/mol. The standard InChI is InChI=1S/C18H13BrClN3O/c19-15-7-6-14(16(20)10-15)11-23-18(24)13-4-2-12(3-5-13)17-21-8-1-9-22-17/h1-10H,11H2,(H,23,24). The molecule has 1 amide bonds. The van der Waals surface area contributed by atoms with Crippen molar-refractivity contribution in [3.05, 3.63) is 81.5 Å². The number of carbonyl (C=O) groups excluding carboxylic acids is 1. The van der Waals surface area contributed by atoms with E-state index in [9.17, 15) is 4.79 Å². The van der Waals surface area contributed by atoms with Crippen LogP contribution in [0.4, 0.5) is 0 Å². The van der Waals surface area contributed by atoms with E-state index in [0.717, 1.165) is 15.6 Å². The van der Waals surface area contributed by atoms with Crippen molar-refractivity contribution < 1.29 is 4.79 Å². The van der Waals surface area contributed by atoms with Crippen LogP contribution in [0, 0.1) is 0 Å². The Kier molecular flexibility index (Phi) is 5.23. The first-order chi connectivity index (χ1) is 11.6. The van der Waals surface area contributed by atoms with Crippen LogP contribution in [0.15, 0.2) is 65.4 Å². The molecule has 0 bridgehead atoms. The molecule has 1 aromatic heterocycles. The van der Waals surface area contributed by atoms with Crippen molar-refractivity contribution in [1.29, 1.82) is 0 Å². The van der Waals surface area contributed by atoms with Gasteiger partial charge >= 0.3 is 0 Å². The van der Waals surface area contributed by atoms with Gasteiger partial charge in [0.15, 0.2) is 5.82 Å². The predicted octanol–water partition coefficient (Wildman–Crippen LogP) is 4.49. The zero-order valence-corrected chi connectivity index (χ0v) is 14.9. The topological polar surface area (TPSA) is 54.9 Å². The van der Waals surface area contributed by atoms with Gasteiger partial charge in [-0.3, -0.25) is 4.79 Å². The van der Waals surface area contributed by atoms with Crippen molar-refractivity contribution in [1.82, 2.24) is 15.3 Å². The molecule has 0 aliphatic carbocycles. The molecule has 4 nitrogen and oxygen atoms in total. The van der Waals surface area contributed by atoms with Crippen molar-refractivity contribution in [2.24, 2.45) is 0 Å². The second kappa shape index (κ2) is 7.55. The van der Waals surface area contributed by atoms with Crippen LogP contribution < -0.4 is 5.32 Å². The lowest BCUT2D eigenvalue weighted by molar-refractivity contribution is 0.0951. The van der Waals surface area contributed by atoms with Crippen LogP contribution in [0.3, 0.4) is 0 Å². The molecule has 3 aromatic rings. The molecule has 6 heteroatoms. The van der Waals surface area contributed by atoms with E-state index in [1.54, 1.807) is 36.7 Å². The molecule has 0 aliphatic rings. The summed E-state index contributed by atoms with van der Waals surface area (Å²) in [6, 6.07) is 14.5. The van der Waals surface area contributed by atoms with Crippen LogP contribution >= 0.6 is 27.5 Å². The molecule has 0 unspecified atom stereocenters. The normalized spacial score (nSPS) is 10.4. The van der Waals surface area contributed by atoms with Gasteiger partial charge in [-0.2, -0.15) is 0 Å². The van der Waals surface area contributed by atoms with Gasteiger partial charge in [0.2, 0.25) is 0 Å². The quantitative estimate of drug-likeness (QED) is 0.699. The van der Waals surface area contributed by atoms with Gasteiger partial charge in [0, 0.05) is 39.6 Å². The maximum atomic E-state index is 12.2. The Morgan fingerprint density at radius 3 is 2.46 bits per heavy atom. The summed E-state index contributed by atoms with van der Waals surface area (Å²) < 4.78 is 0.904. The third kappa shape index (κ3) is 3.99. The lowest BCUT2D eigenvalue weighted by Gasteiger charge is -2.08. The number of nitrogens with one attached hydrogen (secondary N) is 1. The molecule has 1 N–H and O–H groups in total. The highest BCUT2D eigenvalue weighted by molar-refractivity contribution is 9.10. The lowest BCUT2D eigenvalue weighted by Crippen LogP contribution is -2.22. The minimum atomic E-state index is -0.158. The van der Waals surface area contributed by atoms with Gasteiger partial charge < -0.3 is 5.32 Å². The van der Waals surface area contributed by atoms with Crippen LogP contribution in [0.5, 0.6) is 0 Å². The number of benzene rings is 2. The van der Waals surface area contributed by atoms with Gasteiger partial charge in [-0.1, -0.05) is 45.7 Å². The summed E-state index contributed by atoms with van der Waals surface area (Å²) in [6.07, 6.45) is 3.37. The Morgan fingerprint density at radius 1 is 1.08 bits per heavy atom. The summed E-state index contributed by atoms with van der Waals surface area (Å²) >= 11 is 9.51. The summed E-state index contributed by atoms with van der Waals surface area (Å²) in [6.45, 7) is 0.370. The van der Waals surface area contributed by atoms with E-state index in [4.69, 9.17) is 11.6 Å².